The van der Waals surface area contributed by atoms with Gasteiger partial charge in [-0.05, 0) is 48.6 Å². The second-order valence-corrected chi connectivity index (χ2v) is 12.5. The fourth-order valence-electron chi connectivity index (χ4n) is 6.75. The number of hydrogen-bond acceptors (Lipinski definition) is 10. The molecule has 3 atom stereocenters. The van der Waals surface area contributed by atoms with Gasteiger partial charge >= 0.3 is 0 Å². The molecule has 13 nitrogen and oxygen atoms in total. The van der Waals surface area contributed by atoms with Gasteiger partial charge in [0, 0.05) is 56.8 Å². The molecule has 240 valence electrons. The Morgan fingerprint density at radius 3 is 2.72 bits per heavy atom. The Hall–Kier alpha value is -5.58. The van der Waals surface area contributed by atoms with Crippen molar-refractivity contribution in [2.45, 2.75) is 44.6 Å². The van der Waals surface area contributed by atoms with Crippen molar-refractivity contribution < 1.29 is 18.8 Å². The average Bonchev–Trinajstić information content (AvgIpc) is 3.52. The molecule has 2 aromatic carbocycles. The highest BCUT2D eigenvalue weighted by Crippen LogP contribution is 2.35. The zero-order chi connectivity index (χ0) is 33.0. The number of nitriles is 1. The number of imide groups is 1. The third-order valence-corrected chi connectivity index (χ3v) is 9.38. The van der Waals surface area contributed by atoms with E-state index < -0.39 is 11.7 Å². The van der Waals surface area contributed by atoms with Crippen molar-refractivity contribution in [3.63, 3.8) is 0 Å². The van der Waals surface area contributed by atoms with E-state index in [0.29, 0.717) is 48.8 Å². The van der Waals surface area contributed by atoms with Crippen molar-refractivity contribution in [2.75, 3.05) is 40.6 Å². The van der Waals surface area contributed by atoms with Gasteiger partial charge in [-0.2, -0.15) is 15.3 Å². The van der Waals surface area contributed by atoms with E-state index in [-0.39, 0.29) is 53.2 Å². The molecule has 3 N–H and O–H groups in total. The zero-order valence-electron chi connectivity index (χ0n) is 26.2. The first-order valence-corrected chi connectivity index (χ1v) is 15.5. The molecular weight excluding hydrogens is 603 g/mol. The van der Waals surface area contributed by atoms with Crippen LogP contribution >= 0.6 is 0 Å². The first-order chi connectivity index (χ1) is 22.6. The number of aromatic nitrogens is 4. The van der Waals surface area contributed by atoms with E-state index in [1.807, 2.05) is 25.2 Å². The summed E-state index contributed by atoms with van der Waals surface area (Å²) in [4.78, 5) is 48.8. The molecule has 14 heteroatoms. The maximum atomic E-state index is 15.0. The molecule has 3 amide bonds. The first-order valence-electron chi connectivity index (χ1n) is 15.5. The Kier molecular flexibility index (Phi) is 7.46. The van der Waals surface area contributed by atoms with Gasteiger partial charge in [0.1, 0.15) is 17.4 Å². The highest BCUT2D eigenvalue weighted by molar-refractivity contribution is 6.03. The third kappa shape index (κ3) is 5.47. The van der Waals surface area contributed by atoms with Crippen molar-refractivity contribution in [3.05, 3.63) is 59.2 Å². The monoisotopic (exact) mass is 636 g/mol. The van der Waals surface area contributed by atoms with Gasteiger partial charge in [0.05, 0.1) is 41.1 Å². The maximum absolute atomic E-state index is 15.0. The number of carbonyl (C=O) groups excluding carboxylic acids is 3. The number of halogens is 1. The summed E-state index contributed by atoms with van der Waals surface area (Å²) in [6.45, 7) is 3.45. The number of benzene rings is 2. The van der Waals surface area contributed by atoms with Crippen LogP contribution in [0.15, 0.2) is 36.5 Å². The first kappa shape index (κ1) is 30.1. The molecular formula is C33H33FN10O3. The van der Waals surface area contributed by atoms with Crippen LogP contribution in [0.3, 0.4) is 0 Å². The number of aryl methyl sites for hydroxylation is 1. The van der Waals surface area contributed by atoms with Crippen LogP contribution in [-0.2, 0) is 27.9 Å². The van der Waals surface area contributed by atoms with E-state index in [1.165, 1.54) is 17.2 Å². The predicted molar refractivity (Wildman–Crippen MR) is 173 cm³/mol. The van der Waals surface area contributed by atoms with Gasteiger partial charge in [0.15, 0.2) is 5.82 Å². The number of piperidine rings is 2. The lowest BCUT2D eigenvalue weighted by Crippen LogP contribution is -2.46. The molecule has 0 aliphatic carbocycles. The molecule has 1 unspecified atom stereocenters. The van der Waals surface area contributed by atoms with E-state index in [0.717, 1.165) is 23.0 Å². The molecule has 0 saturated carbocycles. The molecule has 2 saturated heterocycles. The SMILES string of the molecule is C[C@@H]1CN(c2ncc(C#N)c(Nc3cc4c(cc3F)N(C)C(=O)C4)n2)CC[C@H]1Nc1ccc2c(C3CCC(=O)NC3=O)nn(C)c2c1. The summed E-state index contributed by atoms with van der Waals surface area (Å²) in [7, 11) is 3.47. The van der Waals surface area contributed by atoms with E-state index in [9.17, 15) is 19.6 Å². The second-order valence-electron chi connectivity index (χ2n) is 12.5. The zero-order valence-corrected chi connectivity index (χ0v) is 26.2. The third-order valence-electron chi connectivity index (χ3n) is 9.38. The summed E-state index contributed by atoms with van der Waals surface area (Å²) >= 11 is 0. The number of hydrogen-bond donors (Lipinski definition) is 3. The summed E-state index contributed by atoms with van der Waals surface area (Å²) in [5, 5.41) is 24.3. The van der Waals surface area contributed by atoms with Gasteiger partial charge in [0.2, 0.25) is 23.7 Å². The number of likely N-dealkylation sites (N-methyl/N-ethyl adjacent to an activating group) is 1. The number of nitrogens with zero attached hydrogens (tertiary/aromatic N) is 7. The van der Waals surface area contributed by atoms with Crippen LogP contribution in [0.1, 0.15) is 48.9 Å². The Bertz CT molecular complexity index is 2000. The quantitative estimate of drug-likeness (QED) is 0.267. The van der Waals surface area contributed by atoms with Crippen LogP contribution in [-0.4, -0.2) is 63.6 Å². The fourth-order valence-corrected chi connectivity index (χ4v) is 6.75. The summed E-state index contributed by atoms with van der Waals surface area (Å²) in [5.74, 6) is -0.843. The van der Waals surface area contributed by atoms with Crippen LogP contribution in [0.5, 0.6) is 0 Å². The van der Waals surface area contributed by atoms with Crippen molar-refractivity contribution in [3.8, 4) is 6.07 Å². The Labute approximate surface area is 269 Å². The standard InChI is InChI=1S/C33H33FN10O3/c1-17-16-44(33-36-15-19(14-35)31(40-33)38-25-10-18-11-29(46)42(2)26(18)13-23(25)34)9-8-24(17)37-20-4-5-21-27(12-20)43(3)41-30(21)22-6-7-28(45)39-32(22)47/h4-5,10,12-13,15,17,22,24,37H,6-9,11,16H2,1-3H3,(H,36,38,40)(H,39,45,47)/t17-,22?,24-/m1/s1. The summed E-state index contributed by atoms with van der Waals surface area (Å²) < 4.78 is 16.8. The molecule has 0 spiro atoms. The molecule has 4 aromatic rings. The van der Waals surface area contributed by atoms with E-state index in [4.69, 9.17) is 0 Å². The van der Waals surface area contributed by atoms with Gasteiger partial charge < -0.3 is 20.4 Å². The Morgan fingerprint density at radius 1 is 1.13 bits per heavy atom. The number of fused-ring (bicyclic) bond motifs is 2. The predicted octanol–water partition coefficient (Wildman–Crippen LogP) is 3.48. The van der Waals surface area contributed by atoms with Crippen LogP contribution < -0.4 is 25.8 Å². The van der Waals surface area contributed by atoms with Gasteiger partial charge in [-0.15, -0.1) is 0 Å². The highest BCUT2D eigenvalue weighted by Gasteiger charge is 2.32. The maximum Gasteiger partial charge on any atom is 0.235 e. The largest absolute Gasteiger partial charge is 0.382 e. The van der Waals surface area contributed by atoms with Crippen LogP contribution in [0.2, 0.25) is 0 Å². The summed E-state index contributed by atoms with van der Waals surface area (Å²) in [5.41, 5.74) is 4.06. The number of rotatable bonds is 6. The molecule has 2 aromatic heterocycles. The Morgan fingerprint density at radius 2 is 1.96 bits per heavy atom. The Balaban J connectivity index is 1.05. The highest BCUT2D eigenvalue weighted by atomic mass is 19.1. The number of amides is 3. The van der Waals surface area contributed by atoms with Gasteiger partial charge in [-0.1, -0.05) is 6.92 Å². The lowest BCUT2D eigenvalue weighted by atomic mass is 9.92. The van der Waals surface area contributed by atoms with Crippen molar-refractivity contribution in [1.29, 1.82) is 5.26 Å². The van der Waals surface area contributed by atoms with E-state index in [1.54, 1.807) is 17.8 Å². The van der Waals surface area contributed by atoms with Gasteiger partial charge in [-0.25, -0.2) is 9.37 Å². The molecule has 3 aliphatic heterocycles. The van der Waals surface area contributed by atoms with Crippen LogP contribution in [0.25, 0.3) is 10.9 Å². The topological polar surface area (TPSA) is 161 Å². The normalized spacial score (nSPS) is 21.1. The van der Waals surface area contributed by atoms with Gasteiger partial charge in [-0.3, -0.25) is 24.4 Å². The number of carbonyl (C=O) groups is 3. The molecule has 7 rings (SSSR count). The molecule has 5 heterocycles. The van der Waals surface area contributed by atoms with E-state index in [2.05, 4.69) is 48.9 Å². The molecule has 3 aliphatic rings. The van der Waals surface area contributed by atoms with Crippen molar-refractivity contribution in [2.24, 2.45) is 13.0 Å². The fraction of sp³-hybridized carbons (Fsp3) is 0.364. The number of nitrogens with one attached hydrogen (secondary N) is 3. The minimum absolute atomic E-state index is 0.109. The summed E-state index contributed by atoms with van der Waals surface area (Å²) in [6, 6.07) is 11.1. The number of anilines is 5. The van der Waals surface area contributed by atoms with Crippen LogP contribution in [0.4, 0.5) is 33.2 Å². The van der Waals surface area contributed by atoms with Crippen molar-refractivity contribution >= 4 is 57.5 Å². The minimum Gasteiger partial charge on any atom is -0.382 e. The lowest BCUT2D eigenvalue weighted by Gasteiger charge is -2.37. The molecule has 0 bridgehead atoms. The minimum atomic E-state index is -0.550. The van der Waals surface area contributed by atoms with Crippen LogP contribution in [0, 0.1) is 23.1 Å². The lowest BCUT2D eigenvalue weighted by molar-refractivity contribution is -0.134. The average molecular weight is 637 g/mol. The summed E-state index contributed by atoms with van der Waals surface area (Å²) in [6.07, 6.45) is 3.15. The second kappa shape index (κ2) is 11.7. The van der Waals surface area contributed by atoms with Crippen molar-refractivity contribution in [1.82, 2.24) is 25.1 Å². The molecule has 2 fully saturated rings. The van der Waals surface area contributed by atoms with Gasteiger partial charge in [0.25, 0.3) is 0 Å². The smallest absolute Gasteiger partial charge is 0.235 e. The molecule has 47 heavy (non-hydrogen) atoms. The molecule has 0 radical (unpaired) electrons. The van der Waals surface area contributed by atoms with E-state index >= 15 is 4.39 Å².